The lowest BCUT2D eigenvalue weighted by Crippen LogP contribution is -2.09. The van der Waals surface area contributed by atoms with Crippen LogP contribution in [0.25, 0.3) is 0 Å². The Kier molecular flexibility index (Phi) is 4.27. The van der Waals surface area contributed by atoms with E-state index in [0.717, 1.165) is 24.2 Å². The van der Waals surface area contributed by atoms with Crippen LogP contribution in [0.2, 0.25) is 0 Å². The number of nitrogens with zero attached hydrogens (tertiary/aromatic N) is 3. The molecule has 0 saturated carbocycles. The van der Waals surface area contributed by atoms with Crippen molar-refractivity contribution in [2.24, 2.45) is 5.92 Å². The summed E-state index contributed by atoms with van der Waals surface area (Å²) in [6.45, 7) is 8.54. The molecule has 4 nitrogen and oxygen atoms in total. The van der Waals surface area contributed by atoms with Gasteiger partial charge in [0, 0.05) is 6.04 Å². The van der Waals surface area contributed by atoms with Crippen LogP contribution in [0.5, 0.6) is 0 Å². The van der Waals surface area contributed by atoms with Crippen molar-refractivity contribution in [3.05, 3.63) is 11.4 Å². The first kappa shape index (κ1) is 12.2. The van der Waals surface area contributed by atoms with Crippen LogP contribution in [-0.4, -0.2) is 20.1 Å². The fourth-order valence-electron chi connectivity index (χ4n) is 1.57. The molecule has 0 saturated heterocycles. The number of aliphatic hydroxyl groups is 1. The van der Waals surface area contributed by atoms with E-state index >= 15 is 0 Å². The first-order valence-electron chi connectivity index (χ1n) is 5.60. The van der Waals surface area contributed by atoms with Gasteiger partial charge in [0.25, 0.3) is 0 Å². The van der Waals surface area contributed by atoms with Gasteiger partial charge in [-0.2, -0.15) is 0 Å². The molecule has 0 spiro atoms. The van der Waals surface area contributed by atoms with E-state index in [-0.39, 0.29) is 6.61 Å². The second-order valence-electron chi connectivity index (χ2n) is 4.61. The zero-order valence-electron chi connectivity index (χ0n) is 10.1. The van der Waals surface area contributed by atoms with Gasteiger partial charge in [-0.3, -0.25) is 0 Å². The molecule has 0 aliphatic rings. The first-order chi connectivity index (χ1) is 7.06. The monoisotopic (exact) mass is 211 g/mol. The van der Waals surface area contributed by atoms with Gasteiger partial charge in [-0.05, 0) is 32.6 Å². The molecule has 1 heterocycles. The first-order valence-corrected chi connectivity index (χ1v) is 5.60. The normalized spacial score (nSPS) is 11.7. The molecule has 15 heavy (non-hydrogen) atoms. The quantitative estimate of drug-likeness (QED) is 0.809. The van der Waals surface area contributed by atoms with Gasteiger partial charge in [0.2, 0.25) is 0 Å². The molecule has 0 bridgehead atoms. The second kappa shape index (κ2) is 5.26. The summed E-state index contributed by atoms with van der Waals surface area (Å²) in [6.07, 6.45) is 2.05. The van der Waals surface area contributed by atoms with Crippen molar-refractivity contribution in [1.29, 1.82) is 0 Å². The summed E-state index contributed by atoms with van der Waals surface area (Å²) in [5.41, 5.74) is 1.81. The maximum atomic E-state index is 9.16. The Bertz CT molecular complexity index is 305. The number of hydrogen-bond donors (Lipinski definition) is 1. The Labute approximate surface area is 91.3 Å². The molecule has 0 aliphatic carbocycles. The molecule has 4 heteroatoms. The second-order valence-corrected chi connectivity index (χ2v) is 4.61. The summed E-state index contributed by atoms with van der Waals surface area (Å²) >= 11 is 0. The molecule has 0 unspecified atom stereocenters. The van der Waals surface area contributed by atoms with Gasteiger partial charge in [0.15, 0.2) is 0 Å². The molecular weight excluding hydrogens is 190 g/mol. The smallest absolute Gasteiger partial charge is 0.111 e. The predicted octanol–water partition coefficient (Wildman–Crippen LogP) is 1.94. The summed E-state index contributed by atoms with van der Waals surface area (Å²) in [5, 5.41) is 17.2. The SMILES string of the molecule is CC(C)CCc1c(CO)nnn1C(C)C. The Morgan fingerprint density at radius 3 is 2.40 bits per heavy atom. The van der Waals surface area contributed by atoms with Crippen LogP contribution >= 0.6 is 0 Å². The Morgan fingerprint density at radius 2 is 1.93 bits per heavy atom. The fourth-order valence-corrected chi connectivity index (χ4v) is 1.57. The standard InChI is InChI=1S/C11H21N3O/c1-8(2)5-6-11-10(7-15)12-13-14(11)9(3)4/h8-9,15H,5-7H2,1-4H3. The molecule has 0 amide bonds. The average molecular weight is 211 g/mol. The summed E-state index contributed by atoms with van der Waals surface area (Å²) in [5.74, 6) is 0.659. The molecule has 0 aromatic carbocycles. The van der Waals surface area contributed by atoms with Gasteiger partial charge in [-0.25, -0.2) is 4.68 Å². The lowest BCUT2D eigenvalue weighted by Gasteiger charge is -2.11. The van der Waals surface area contributed by atoms with Crippen LogP contribution in [0.4, 0.5) is 0 Å². The van der Waals surface area contributed by atoms with E-state index in [4.69, 9.17) is 5.11 Å². The minimum absolute atomic E-state index is 0.0137. The third-order valence-electron chi connectivity index (χ3n) is 2.47. The predicted molar refractivity (Wildman–Crippen MR) is 59.5 cm³/mol. The zero-order valence-corrected chi connectivity index (χ0v) is 10.1. The van der Waals surface area contributed by atoms with Crippen LogP contribution in [0.3, 0.4) is 0 Å². The van der Waals surface area contributed by atoms with Crippen LogP contribution in [0.15, 0.2) is 0 Å². The van der Waals surface area contributed by atoms with E-state index in [0.29, 0.717) is 12.0 Å². The topological polar surface area (TPSA) is 50.9 Å². The van der Waals surface area contributed by atoms with Crippen LogP contribution in [-0.2, 0) is 13.0 Å². The molecule has 0 fully saturated rings. The Balaban J connectivity index is 2.85. The fraction of sp³-hybridized carbons (Fsp3) is 0.818. The summed E-state index contributed by atoms with van der Waals surface area (Å²) < 4.78 is 1.91. The molecule has 0 radical (unpaired) electrons. The molecule has 1 N–H and O–H groups in total. The minimum atomic E-state index is -0.0137. The Hall–Kier alpha value is -0.900. The minimum Gasteiger partial charge on any atom is -0.390 e. The summed E-state index contributed by atoms with van der Waals surface area (Å²) in [7, 11) is 0. The summed E-state index contributed by atoms with van der Waals surface area (Å²) in [4.78, 5) is 0. The van der Waals surface area contributed by atoms with E-state index in [1.165, 1.54) is 0 Å². The van der Waals surface area contributed by atoms with Crippen molar-refractivity contribution in [3.8, 4) is 0 Å². The number of aromatic nitrogens is 3. The van der Waals surface area contributed by atoms with Gasteiger partial charge in [-0.15, -0.1) is 5.10 Å². The largest absolute Gasteiger partial charge is 0.390 e. The molecule has 86 valence electrons. The maximum Gasteiger partial charge on any atom is 0.111 e. The third-order valence-corrected chi connectivity index (χ3v) is 2.47. The van der Waals surface area contributed by atoms with Gasteiger partial charge in [0.1, 0.15) is 5.69 Å². The van der Waals surface area contributed by atoms with E-state index in [2.05, 4.69) is 38.0 Å². The Morgan fingerprint density at radius 1 is 1.27 bits per heavy atom. The zero-order chi connectivity index (χ0) is 11.4. The van der Waals surface area contributed by atoms with Crippen LogP contribution in [0, 0.1) is 5.92 Å². The van der Waals surface area contributed by atoms with Gasteiger partial charge in [0.05, 0.1) is 12.3 Å². The lowest BCUT2D eigenvalue weighted by molar-refractivity contribution is 0.275. The average Bonchev–Trinajstić information content (AvgIpc) is 2.57. The number of aliphatic hydroxyl groups excluding tert-OH is 1. The highest BCUT2D eigenvalue weighted by Crippen LogP contribution is 2.15. The van der Waals surface area contributed by atoms with E-state index in [9.17, 15) is 0 Å². The summed E-state index contributed by atoms with van der Waals surface area (Å²) in [6, 6.07) is 0.306. The van der Waals surface area contributed by atoms with Gasteiger partial charge >= 0.3 is 0 Å². The third kappa shape index (κ3) is 3.02. The van der Waals surface area contributed by atoms with Crippen molar-refractivity contribution in [2.75, 3.05) is 0 Å². The van der Waals surface area contributed by atoms with E-state index < -0.39 is 0 Å². The van der Waals surface area contributed by atoms with Crippen molar-refractivity contribution in [3.63, 3.8) is 0 Å². The highest BCUT2D eigenvalue weighted by Gasteiger charge is 2.14. The van der Waals surface area contributed by atoms with Crippen molar-refractivity contribution >= 4 is 0 Å². The molecule has 1 rings (SSSR count). The van der Waals surface area contributed by atoms with Crippen LogP contribution in [0.1, 0.15) is 51.5 Å². The van der Waals surface area contributed by atoms with Gasteiger partial charge < -0.3 is 5.11 Å². The molecular formula is C11H21N3O. The maximum absolute atomic E-state index is 9.16. The molecule has 1 aromatic heterocycles. The van der Waals surface area contributed by atoms with E-state index in [1.807, 2.05) is 4.68 Å². The highest BCUT2D eigenvalue weighted by molar-refractivity contribution is 5.10. The molecule has 0 aliphatic heterocycles. The lowest BCUT2D eigenvalue weighted by atomic mass is 10.1. The van der Waals surface area contributed by atoms with Crippen molar-refractivity contribution in [1.82, 2.24) is 15.0 Å². The van der Waals surface area contributed by atoms with E-state index in [1.54, 1.807) is 0 Å². The van der Waals surface area contributed by atoms with Crippen molar-refractivity contribution < 1.29 is 5.11 Å². The highest BCUT2D eigenvalue weighted by atomic mass is 16.3. The molecule has 0 atom stereocenters. The van der Waals surface area contributed by atoms with Gasteiger partial charge in [-0.1, -0.05) is 19.1 Å². The molecule has 1 aromatic rings. The van der Waals surface area contributed by atoms with Crippen molar-refractivity contribution in [2.45, 2.75) is 53.2 Å². The number of rotatable bonds is 5. The number of hydrogen-bond acceptors (Lipinski definition) is 3. The van der Waals surface area contributed by atoms with Crippen LogP contribution < -0.4 is 0 Å².